The highest BCUT2D eigenvalue weighted by molar-refractivity contribution is 5.80. The fourth-order valence-electron chi connectivity index (χ4n) is 2.41. The van der Waals surface area contributed by atoms with Crippen LogP contribution in [0.2, 0.25) is 0 Å². The molecule has 0 saturated heterocycles. The van der Waals surface area contributed by atoms with Gasteiger partial charge in [-0.1, -0.05) is 24.3 Å². The van der Waals surface area contributed by atoms with E-state index in [4.69, 9.17) is 4.74 Å². The van der Waals surface area contributed by atoms with Crippen LogP contribution >= 0.6 is 0 Å². The first-order valence-corrected chi connectivity index (χ1v) is 6.58. The first-order chi connectivity index (χ1) is 8.70. The summed E-state index contributed by atoms with van der Waals surface area (Å²) in [4.78, 5) is 12.0. The van der Waals surface area contributed by atoms with E-state index in [-0.39, 0.29) is 17.9 Å². The Labute approximate surface area is 109 Å². The van der Waals surface area contributed by atoms with Crippen LogP contribution in [0.15, 0.2) is 24.3 Å². The lowest BCUT2D eigenvalue weighted by atomic mass is 10.1. The third kappa shape index (κ3) is 3.10. The van der Waals surface area contributed by atoms with E-state index in [0.29, 0.717) is 6.54 Å². The summed E-state index contributed by atoms with van der Waals surface area (Å²) in [6.07, 6.45) is 2.82. The van der Waals surface area contributed by atoms with Gasteiger partial charge in [0.1, 0.15) is 0 Å². The number of ether oxygens (including phenoxy) is 1. The maximum Gasteiger partial charge on any atom is 0.223 e. The van der Waals surface area contributed by atoms with Crippen molar-refractivity contribution >= 4 is 5.91 Å². The molecule has 0 aromatic heterocycles. The van der Waals surface area contributed by atoms with Crippen molar-refractivity contribution in [3.8, 4) is 0 Å². The minimum atomic E-state index is 0.111. The lowest BCUT2D eigenvalue weighted by Gasteiger charge is -2.12. The molecule has 0 fully saturated rings. The number of amides is 1. The monoisotopic (exact) mass is 247 g/mol. The van der Waals surface area contributed by atoms with E-state index in [1.165, 1.54) is 11.1 Å². The molecule has 3 heteroatoms. The van der Waals surface area contributed by atoms with Gasteiger partial charge < -0.3 is 10.1 Å². The van der Waals surface area contributed by atoms with Crippen LogP contribution in [0.5, 0.6) is 0 Å². The van der Waals surface area contributed by atoms with E-state index < -0.39 is 0 Å². The molecule has 18 heavy (non-hydrogen) atoms. The average Bonchev–Trinajstić information content (AvgIpc) is 2.82. The second-order valence-corrected chi connectivity index (χ2v) is 5.00. The molecule has 1 amide bonds. The number of benzene rings is 1. The number of fused-ring (bicyclic) bond motifs is 1. The van der Waals surface area contributed by atoms with E-state index in [1.807, 2.05) is 19.1 Å². The van der Waals surface area contributed by atoms with Gasteiger partial charge in [-0.25, -0.2) is 0 Å². The van der Waals surface area contributed by atoms with Crippen molar-refractivity contribution in [3.05, 3.63) is 35.4 Å². The number of nitrogens with one attached hydrogen (secondary N) is 1. The fourth-order valence-corrected chi connectivity index (χ4v) is 2.41. The molecule has 0 bridgehead atoms. The SMILES string of the molecule is COC(C)CCNC(=O)C1Cc2ccccc2C1. The van der Waals surface area contributed by atoms with Gasteiger partial charge in [-0.2, -0.15) is 0 Å². The first kappa shape index (κ1) is 13.1. The van der Waals surface area contributed by atoms with Gasteiger partial charge in [-0.15, -0.1) is 0 Å². The minimum absolute atomic E-state index is 0.111. The zero-order valence-electron chi connectivity index (χ0n) is 11.1. The number of carbonyl (C=O) groups is 1. The first-order valence-electron chi connectivity index (χ1n) is 6.58. The molecular weight excluding hydrogens is 226 g/mol. The Hall–Kier alpha value is -1.35. The summed E-state index contributed by atoms with van der Waals surface area (Å²) in [6, 6.07) is 8.32. The molecular formula is C15H21NO2. The molecule has 2 rings (SSSR count). The third-order valence-electron chi connectivity index (χ3n) is 3.67. The van der Waals surface area contributed by atoms with Crippen LogP contribution in [0.1, 0.15) is 24.5 Å². The van der Waals surface area contributed by atoms with E-state index in [2.05, 4.69) is 17.4 Å². The van der Waals surface area contributed by atoms with Crippen LogP contribution in [0, 0.1) is 5.92 Å². The molecule has 0 aliphatic heterocycles. The normalized spacial score (nSPS) is 16.3. The van der Waals surface area contributed by atoms with Crippen molar-refractivity contribution in [3.63, 3.8) is 0 Å². The molecule has 0 heterocycles. The highest BCUT2D eigenvalue weighted by atomic mass is 16.5. The van der Waals surface area contributed by atoms with Gasteiger partial charge in [0.15, 0.2) is 0 Å². The standard InChI is InChI=1S/C15H21NO2/c1-11(18-2)7-8-16-15(17)14-9-12-5-3-4-6-13(12)10-14/h3-6,11,14H,7-10H2,1-2H3,(H,16,17). The quantitative estimate of drug-likeness (QED) is 0.863. The van der Waals surface area contributed by atoms with Crippen LogP contribution in [0.25, 0.3) is 0 Å². The summed E-state index contributed by atoms with van der Waals surface area (Å²) >= 11 is 0. The van der Waals surface area contributed by atoms with Crippen molar-refractivity contribution in [2.75, 3.05) is 13.7 Å². The van der Waals surface area contributed by atoms with E-state index in [9.17, 15) is 4.79 Å². The maximum atomic E-state index is 12.0. The summed E-state index contributed by atoms with van der Waals surface area (Å²) in [7, 11) is 1.69. The molecule has 98 valence electrons. The van der Waals surface area contributed by atoms with Crippen molar-refractivity contribution in [1.29, 1.82) is 0 Å². The highest BCUT2D eigenvalue weighted by Crippen LogP contribution is 2.26. The van der Waals surface area contributed by atoms with Gasteiger partial charge in [0.05, 0.1) is 6.10 Å². The van der Waals surface area contributed by atoms with Gasteiger partial charge in [0, 0.05) is 19.6 Å². The molecule has 1 aromatic carbocycles. The molecule has 0 saturated carbocycles. The zero-order valence-corrected chi connectivity index (χ0v) is 11.1. The Bertz CT molecular complexity index is 392. The molecule has 1 atom stereocenters. The molecule has 1 aliphatic rings. The van der Waals surface area contributed by atoms with Gasteiger partial charge in [-0.05, 0) is 37.3 Å². The van der Waals surface area contributed by atoms with Crippen LogP contribution in [-0.4, -0.2) is 25.7 Å². The maximum absolute atomic E-state index is 12.0. The van der Waals surface area contributed by atoms with Crippen LogP contribution in [-0.2, 0) is 22.4 Å². The summed E-state index contributed by atoms with van der Waals surface area (Å²) < 4.78 is 5.16. The number of methoxy groups -OCH3 is 1. The number of hydrogen-bond donors (Lipinski definition) is 1. The molecule has 0 radical (unpaired) electrons. The van der Waals surface area contributed by atoms with Gasteiger partial charge in [0.25, 0.3) is 0 Å². The Kier molecular flexibility index (Phi) is 4.37. The van der Waals surface area contributed by atoms with Crippen LogP contribution < -0.4 is 5.32 Å². The van der Waals surface area contributed by atoms with E-state index in [1.54, 1.807) is 7.11 Å². The molecule has 0 spiro atoms. The predicted molar refractivity (Wildman–Crippen MR) is 71.4 cm³/mol. The summed E-state index contributed by atoms with van der Waals surface area (Å²) in [5.74, 6) is 0.287. The Morgan fingerprint density at radius 3 is 2.56 bits per heavy atom. The lowest BCUT2D eigenvalue weighted by Crippen LogP contribution is -2.33. The van der Waals surface area contributed by atoms with Gasteiger partial charge >= 0.3 is 0 Å². The van der Waals surface area contributed by atoms with E-state index >= 15 is 0 Å². The van der Waals surface area contributed by atoms with Crippen molar-refractivity contribution in [2.24, 2.45) is 5.92 Å². The molecule has 3 nitrogen and oxygen atoms in total. The second kappa shape index (κ2) is 6.01. The molecule has 1 unspecified atom stereocenters. The van der Waals surface area contributed by atoms with E-state index in [0.717, 1.165) is 19.3 Å². The Morgan fingerprint density at radius 1 is 1.39 bits per heavy atom. The Morgan fingerprint density at radius 2 is 2.00 bits per heavy atom. The summed E-state index contributed by atoms with van der Waals surface area (Å²) in [6.45, 7) is 2.71. The second-order valence-electron chi connectivity index (χ2n) is 5.00. The number of carbonyl (C=O) groups excluding carboxylic acids is 1. The number of hydrogen-bond acceptors (Lipinski definition) is 2. The topological polar surface area (TPSA) is 38.3 Å². The largest absolute Gasteiger partial charge is 0.382 e. The van der Waals surface area contributed by atoms with Crippen LogP contribution in [0.3, 0.4) is 0 Å². The molecule has 1 N–H and O–H groups in total. The Balaban J connectivity index is 1.79. The van der Waals surface area contributed by atoms with Crippen molar-refractivity contribution in [1.82, 2.24) is 5.32 Å². The summed E-state index contributed by atoms with van der Waals surface area (Å²) in [5, 5.41) is 3.01. The summed E-state index contributed by atoms with van der Waals surface area (Å²) in [5.41, 5.74) is 2.64. The van der Waals surface area contributed by atoms with Crippen LogP contribution in [0.4, 0.5) is 0 Å². The molecule has 1 aromatic rings. The molecule has 1 aliphatic carbocycles. The van der Waals surface area contributed by atoms with Crippen molar-refractivity contribution < 1.29 is 9.53 Å². The zero-order chi connectivity index (χ0) is 13.0. The lowest BCUT2D eigenvalue weighted by molar-refractivity contribution is -0.124. The average molecular weight is 247 g/mol. The third-order valence-corrected chi connectivity index (χ3v) is 3.67. The van der Waals surface area contributed by atoms with Gasteiger partial charge in [-0.3, -0.25) is 4.79 Å². The number of rotatable bonds is 5. The highest BCUT2D eigenvalue weighted by Gasteiger charge is 2.26. The minimum Gasteiger partial charge on any atom is -0.382 e. The van der Waals surface area contributed by atoms with Gasteiger partial charge in [0.2, 0.25) is 5.91 Å². The smallest absolute Gasteiger partial charge is 0.223 e. The fraction of sp³-hybridized carbons (Fsp3) is 0.533. The predicted octanol–water partition coefficient (Wildman–Crippen LogP) is 1.94. The van der Waals surface area contributed by atoms with Crippen molar-refractivity contribution in [2.45, 2.75) is 32.3 Å².